The van der Waals surface area contributed by atoms with E-state index in [1.807, 2.05) is 43.4 Å². The highest BCUT2D eigenvalue weighted by atomic mass is 16.5. The molecule has 0 radical (unpaired) electrons. The van der Waals surface area contributed by atoms with Gasteiger partial charge in [0, 0.05) is 37.9 Å². The van der Waals surface area contributed by atoms with Gasteiger partial charge in [-0.15, -0.1) is 0 Å². The monoisotopic (exact) mass is 381 g/mol. The minimum absolute atomic E-state index is 0.0873. The van der Waals surface area contributed by atoms with Gasteiger partial charge in [0.1, 0.15) is 0 Å². The van der Waals surface area contributed by atoms with Crippen LogP contribution in [0.15, 0.2) is 48.5 Å². The maximum absolute atomic E-state index is 12.8. The van der Waals surface area contributed by atoms with E-state index in [1.54, 1.807) is 17.0 Å². The van der Waals surface area contributed by atoms with Crippen LogP contribution in [-0.4, -0.2) is 56.6 Å². The highest BCUT2D eigenvalue weighted by Gasteiger charge is 2.21. The second-order valence-corrected chi connectivity index (χ2v) is 6.87. The number of nitrogens with zero attached hydrogens (tertiary/aromatic N) is 2. The molecule has 0 saturated carbocycles. The number of nitrogens with one attached hydrogen (secondary N) is 1. The summed E-state index contributed by atoms with van der Waals surface area (Å²) in [7, 11) is 2.03. The molecule has 148 valence electrons. The van der Waals surface area contributed by atoms with E-state index in [0.717, 1.165) is 18.7 Å². The normalized spacial score (nSPS) is 13.9. The lowest BCUT2D eigenvalue weighted by Crippen LogP contribution is -2.41. The SMILES string of the molecule is CCCN(C)c1ccc(C(=O)Nc2ccccc2C(=O)N2CCOCC2)cc1. The molecule has 2 aromatic carbocycles. The topological polar surface area (TPSA) is 61.9 Å². The second kappa shape index (κ2) is 9.37. The van der Waals surface area contributed by atoms with Gasteiger partial charge >= 0.3 is 0 Å². The van der Waals surface area contributed by atoms with E-state index in [9.17, 15) is 9.59 Å². The van der Waals surface area contributed by atoms with Gasteiger partial charge in [-0.3, -0.25) is 9.59 Å². The van der Waals surface area contributed by atoms with E-state index in [4.69, 9.17) is 4.74 Å². The standard InChI is InChI=1S/C22H27N3O3/c1-3-12-24(2)18-10-8-17(9-11-18)21(26)23-20-7-5-4-6-19(20)22(27)25-13-15-28-16-14-25/h4-11H,3,12-16H2,1-2H3,(H,23,26). The van der Waals surface area contributed by atoms with E-state index < -0.39 is 0 Å². The highest BCUT2D eigenvalue weighted by molar-refractivity contribution is 6.09. The van der Waals surface area contributed by atoms with Gasteiger partial charge in [0.05, 0.1) is 24.5 Å². The molecule has 0 aliphatic carbocycles. The fourth-order valence-electron chi connectivity index (χ4n) is 3.24. The lowest BCUT2D eigenvalue weighted by molar-refractivity contribution is 0.0303. The van der Waals surface area contributed by atoms with Crippen molar-refractivity contribution in [2.75, 3.05) is 50.1 Å². The molecule has 3 rings (SSSR count). The zero-order chi connectivity index (χ0) is 19.9. The lowest BCUT2D eigenvalue weighted by Gasteiger charge is -2.27. The second-order valence-electron chi connectivity index (χ2n) is 6.87. The fraction of sp³-hybridized carbons (Fsp3) is 0.364. The maximum atomic E-state index is 12.8. The first-order valence-corrected chi connectivity index (χ1v) is 9.68. The third-order valence-electron chi connectivity index (χ3n) is 4.83. The molecule has 1 heterocycles. The summed E-state index contributed by atoms with van der Waals surface area (Å²) >= 11 is 0. The van der Waals surface area contributed by atoms with Gasteiger partial charge in [0.15, 0.2) is 0 Å². The predicted octanol–water partition coefficient (Wildman–Crippen LogP) is 3.26. The van der Waals surface area contributed by atoms with Crippen molar-refractivity contribution in [2.24, 2.45) is 0 Å². The third-order valence-corrected chi connectivity index (χ3v) is 4.83. The van der Waals surface area contributed by atoms with Gasteiger partial charge in [-0.25, -0.2) is 0 Å². The van der Waals surface area contributed by atoms with Crippen molar-refractivity contribution in [1.82, 2.24) is 4.90 Å². The Morgan fingerprint density at radius 2 is 1.75 bits per heavy atom. The molecule has 0 spiro atoms. The fourth-order valence-corrected chi connectivity index (χ4v) is 3.24. The van der Waals surface area contributed by atoms with Crippen LogP contribution in [0.25, 0.3) is 0 Å². The van der Waals surface area contributed by atoms with Crippen LogP contribution in [0.1, 0.15) is 34.1 Å². The Balaban J connectivity index is 1.73. The Bertz CT molecular complexity index is 814. The van der Waals surface area contributed by atoms with Crippen LogP contribution in [0.5, 0.6) is 0 Å². The number of carbonyl (C=O) groups is 2. The molecule has 2 amide bonds. The van der Waals surface area contributed by atoms with Crippen LogP contribution in [0.2, 0.25) is 0 Å². The minimum atomic E-state index is -0.230. The first-order valence-electron chi connectivity index (χ1n) is 9.68. The number of hydrogen-bond acceptors (Lipinski definition) is 4. The van der Waals surface area contributed by atoms with Crippen LogP contribution in [-0.2, 0) is 4.74 Å². The number of hydrogen-bond donors (Lipinski definition) is 1. The van der Waals surface area contributed by atoms with E-state index in [2.05, 4.69) is 17.1 Å². The maximum Gasteiger partial charge on any atom is 0.256 e. The van der Waals surface area contributed by atoms with Crippen LogP contribution >= 0.6 is 0 Å². The summed E-state index contributed by atoms with van der Waals surface area (Å²) in [6.07, 6.45) is 1.06. The molecule has 0 aromatic heterocycles. The summed E-state index contributed by atoms with van der Waals surface area (Å²) in [6, 6.07) is 14.6. The molecule has 2 aromatic rings. The largest absolute Gasteiger partial charge is 0.378 e. The molecule has 1 aliphatic heterocycles. The van der Waals surface area contributed by atoms with Gasteiger partial charge in [-0.05, 0) is 42.8 Å². The predicted molar refractivity (Wildman–Crippen MR) is 111 cm³/mol. The number of carbonyl (C=O) groups excluding carboxylic acids is 2. The van der Waals surface area contributed by atoms with Crippen molar-refractivity contribution in [3.05, 3.63) is 59.7 Å². The number of benzene rings is 2. The van der Waals surface area contributed by atoms with Crippen molar-refractivity contribution in [1.29, 1.82) is 0 Å². The van der Waals surface area contributed by atoms with Crippen LogP contribution in [0.3, 0.4) is 0 Å². The van der Waals surface area contributed by atoms with E-state index in [1.165, 1.54) is 0 Å². The smallest absolute Gasteiger partial charge is 0.256 e. The van der Waals surface area contributed by atoms with Crippen molar-refractivity contribution < 1.29 is 14.3 Å². The van der Waals surface area contributed by atoms with Crippen molar-refractivity contribution in [3.8, 4) is 0 Å². The van der Waals surface area contributed by atoms with Gasteiger partial charge < -0.3 is 19.9 Å². The van der Waals surface area contributed by atoms with Gasteiger partial charge in [-0.2, -0.15) is 0 Å². The number of morpholine rings is 1. The Morgan fingerprint density at radius 1 is 1.07 bits per heavy atom. The average Bonchev–Trinajstić information content (AvgIpc) is 2.74. The molecule has 1 N–H and O–H groups in total. The highest BCUT2D eigenvalue weighted by Crippen LogP contribution is 2.20. The average molecular weight is 381 g/mol. The summed E-state index contributed by atoms with van der Waals surface area (Å²) in [4.78, 5) is 29.4. The molecular formula is C22H27N3O3. The van der Waals surface area contributed by atoms with Crippen LogP contribution in [0, 0.1) is 0 Å². The first-order chi connectivity index (χ1) is 13.6. The Labute approximate surface area is 166 Å². The van der Waals surface area contributed by atoms with Crippen molar-refractivity contribution >= 4 is 23.2 Å². The summed E-state index contributed by atoms with van der Waals surface area (Å²) in [5.41, 5.74) is 2.65. The Kier molecular flexibility index (Phi) is 6.66. The summed E-state index contributed by atoms with van der Waals surface area (Å²) < 4.78 is 5.31. The van der Waals surface area contributed by atoms with E-state index in [0.29, 0.717) is 43.1 Å². The molecule has 6 heteroatoms. The summed E-state index contributed by atoms with van der Waals surface area (Å²) in [5, 5.41) is 2.89. The molecule has 1 fully saturated rings. The Hall–Kier alpha value is -2.86. The van der Waals surface area contributed by atoms with Crippen LogP contribution < -0.4 is 10.2 Å². The third kappa shape index (κ3) is 4.70. The summed E-state index contributed by atoms with van der Waals surface area (Å²) in [5.74, 6) is -0.317. The Morgan fingerprint density at radius 3 is 2.43 bits per heavy atom. The van der Waals surface area contributed by atoms with Crippen LogP contribution in [0.4, 0.5) is 11.4 Å². The molecule has 0 atom stereocenters. The molecular weight excluding hydrogens is 354 g/mol. The number of rotatable bonds is 6. The zero-order valence-corrected chi connectivity index (χ0v) is 16.5. The lowest BCUT2D eigenvalue weighted by atomic mass is 10.1. The van der Waals surface area contributed by atoms with Crippen molar-refractivity contribution in [2.45, 2.75) is 13.3 Å². The van der Waals surface area contributed by atoms with E-state index >= 15 is 0 Å². The zero-order valence-electron chi connectivity index (χ0n) is 16.5. The number of amides is 2. The van der Waals surface area contributed by atoms with E-state index in [-0.39, 0.29) is 11.8 Å². The van der Waals surface area contributed by atoms with Gasteiger partial charge in [0.25, 0.3) is 11.8 Å². The summed E-state index contributed by atoms with van der Waals surface area (Å²) in [6.45, 7) is 5.30. The van der Waals surface area contributed by atoms with Gasteiger partial charge in [-0.1, -0.05) is 19.1 Å². The number of para-hydroxylation sites is 1. The minimum Gasteiger partial charge on any atom is -0.378 e. The number of anilines is 2. The quantitative estimate of drug-likeness (QED) is 0.834. The molecule has 28 heavy (non-hydrogen) atoms. The number of ether oxygens (including phenoxy) is 1. The van der Waals surface area contributed by atoms with Crippen molar-refractivity contribution in [3.63, 3.8) is 0 Å². The first kappa shape index (κ1) is 19.9. The molecule has 6 nitrogen and oxygen atoms in total. The van der Waals surface area contributed by atoms with Gasteiger partial charge in [0.2, 0.25) is 0 Å². The molecule has 0 unspecified atom stereocenters. The molecule has 0 bridgehead atoms. The molecule has 1 aliphatic rings. The molecule has 1 saturated heterocycles.